The Morgan fingerprint density at radius 2 is 1.96 bits per heavy atom. The molecule has 3 fully saturated rings. The summed E-state index contributed by atoms with van der Waals surface area (Å²) in [5.74, 6) is 0.473. The molecule has 0 aliphatic carbocycles. The summed E-state index contributed by atoms with van der Waals surface area (Å²) in [6.07, 6.45) is 2.15. The highest BCUT2D eigenvalue weighted by Gasteiger charge is 2.52. The minimum atomic E-state index is -0.906. The van der Waals surface area contributed by atoms with Crippen LogP contribution in [0.25, 0.3) is 0 Å². The summed E-state index contributed by atoms with van der Waals surface area (Å²) < 4.78 is 11.1. The number of carbonyl (C=O) groups excluding carboxylic acids is 3. The van der Waals surface area contributed by atoms with Crippen molar-refractivity contribution in [1.82, 2.24) is 15.1 Å². The van der Waals surface area contributed by atoms with Crippen LogP contribution in [0.15, 0.2) is 30.3 Å². The fraction of sp³-hybridized carbons (Fsp3) is 0.550. The van der Waals surface area contributed by atoms with Gasteiger partial charge in [0, 0.05) is 19.7 Å². The second kappa shape index (κ2) is 7.79. The predicted molar refractivity (Wildman–Crippen MR) is 99.7 cm³/mol. The van der Waals surface area contributed by atoms with Crippen molar-refractivity contribution in [1.29, 1.82) is 0 Å². The molecule has 3 heterocycles. The first kappa shape index (κ1) is 18.7. The van der Waals surface area contributed by atoms with Gasteiger partial charge in [-0.3, -0.25) is 14.5 Å². The molecule has 1 aromatic carbocycles. The molecular formula is C20H25N3O5. The average molecular weight is 387 g/mol. The summed E-state index contributed by atoms with van der Waals surface area (Å²) >= 11 is 0. The lowest BCUT2D eigenvalue weighted by atomic mass is 9.87. The number of carbonyl (C=O) groups is 3. The summed E-state index contributed by atoms with van der Waals surface area (Å²) in [6.45, 7) is 1.95. The molecule has 1 atom stereocenters. The minimum absolute atomic E-state index is 0.00256. The molecule has 8 nitrogen and oxygen atoms in total. The molecular weight excluding hydrogens is 362 g/mol. The van der Waals surface area contributed by atoms with E-state index in [1.165, 1.54) is 4.90 Å². The third-order valence-electron chi connectivity index (χ3n) is 5.71. The zero-order valence-electron chi connectivity index (χ0n) is 15.8. The van der Waals surface area contributed by atoms with E-state index in [0.29, 0.717) is 38.3 Å². The normalized spacial score (nSPS) is 23.9. The van der Waals surface area contributed by atoms with Crippen LogP contribution in [0, 0.1) is 0 Å². The number of nitrogens with one attached hydrogen (secondary N) is 1. The van der Waals surface area contributed by atoms with Crippen molar-refractivity contribution in [2.24, 2.45) is 0 Å². The number of benzene rings is 1. The number of likely N-dealkylation sites (tertiary alicyclic amines) is 1. The zero-order chi connectivity index (χ0) is 19.6. The summed E-state index contributed by atoms with van der Waals surface area (Å²) in [6, 6.07) is 8.89. The molecule has 3 aliphatic heterocycles. The van der Waals surface area contributed by atoms with Crippen molar-refractivity contribution in [3.8, 4) is 5.75 Å². The molecule has 8 heteroatoms. The Hall–Kier alpha value is -2.61. The summed E-state index contributed by atoms with van der Waals surface area (Å²) in [5, 5.41) is 2.86. The molecule has 0 saturated carbocycles. The number of amides is 4. The van der Waals surface area contributed by atoms with Crippen molar-refractivity contribution >= 4 is 17.8 Å². The number of hydrogen-bond acceptors (Lipinski definition) is 5. The van der Waals surface area contributed by atoms with Gasteiger partial charge in [-0.15, -0.1) is 0 Å². The van der Waals surface area contributed by atoms with E-state index in [1.807, 2.05) is 30.3 Å². The van der Waals surface area contributed by atoms with Gasteiger partial charge >= 0.3 is 6.03 Å². The molecule has 1 spiro atoms. The Kier molecular flexibility index (Phi) is 5.21. The Bertz CT molecular complexity index is 739. The van der Waals surface area contributed by atoms with Gasteiger partial charge in [0.05, 0.1) is 6.54 Å². The van der Waals surface area contributed by atoms with Gasteiger partial charge < -0.3 is 19.7 Å². The third kappa shape index (κ3) is 3.56. The molecule has 150 valence electrons. The number of para-hydroxylation sites is 1. The summed E-state index contributed by atoms with van der Waals surface area (Å²) in [4.78, 5) is 40.8. The van der Waals surface area contributed by atoms with Crippen LogP contribution in [-0.4, -0.2) is 72.1 Å². The van der Waals surface area contributed by atoms with Crippen molar-refractivity contribution < 1.29 is 23.9 Å². The van der Waals surface area contributed by atoms with Crippen molar-refractivity contribution in [3.05, 3.63) is 30.3 Å². The molecule has 1 unspecified atom stereocenters. The van der Waals surface area contributed by atoms with E-state index in [9.17, 15) is 14.4 Å². The molecule has 0 bridgehead atoms. The molecule has 0 radical (unpaired) electrons. The molecule has 4 rings (SSSR count). The van der Waals surface area contributed by atoms with E-state index in [4.69, 9.17) is 9.47 Å². The SMILES string of the molecule is O=C(C1CCCO1)N1CCC2(CC1)NC(=O)N(CCOc1ccccc1)C2=O. The lowest BCUT2D eigenvalue weighted by molar-refractivity contribution is -0.145. The lowest BCUT2D eigenvalue weighted by Crippen LogP contribution is -2.57. The van der Waals surface area contributed by atoms with Crippen LogP contribution in [0.1, 0.15) is 25.7 Å². The van der Waals surface area contributed by atoms with Gasteiger partial charge in [0.25, 0.3) is 11.8 Å². The lowest BCUT2D eigenvalue weighted by Gasteiger charge is -2.38. The maximum Gasteiger partial charge on any atom is 0.325 e. The zero-order valence-corrected chi connectivity index (χ0v) is 15.8. The fourth-order valence-corrected chi connectivity index (χ4v) is 4.07. The standard InChI is InChI=1S/C20H25N3O5/c24-17(16-7-4-13-28-16)22-10-8-20(9-11-22)18(25)23(19(26)21-20)12-14-27-15-5-2-1-3-6-15/h1-3,5-6,16H,4,7-14H2,(H,21,26). The number of imide groups is 1. The molecule has 4 amide bonds. The van der Waals surface area contributed by atoms with E-state index >= 15 is 0 Å². The molecule has 1 N–H and O–H groups in total. The van der Waals surface area contributed by atoms with Crippen molar-refractivity contribution in [3.63, 3.8) is 0 Å². The highest BCUT2D eigenvalue weighted by Crippen LogP contribution is 2.30. The second-order valence-electron chi connectivity index (χ2n) is 7.46. The molecule has 0 aromatic heterocycles. The molecule has 3 aliphatic rings. The van der Waals surface area contributed by atoms with Gasteiger partial charge in [0.2, 0.25) is 0 Å². The monoisotopic (exact) mass is 387 g/mol. The van der Waals surface area contributed by atoms with Crippen LogP contribution in [0.4, 0.5) is 4.79 Å². The number of hydrogen-bond donors (Lipinski definition) is 1. The van der Waals surface area contributed by atoms with E-state index in [-0.39, 0.29) is 37.1 Å². The van der Waals surface area contributed by atoms with Crippen molar-refractivity contribution in [2.45, 2.75) is 37.3 Å². The first-order valence-corrected chi connectivity index (χ1v) is 9.81. The molecule has 3 saturated heterocycles. The van der Waals surface area contributed by atoms with Crippen LogP contribution in [-0.2, 0) is 14.3 Å². The molecule has 28 heavy (non-hydrogen) atoms. The van der Waals surface area contributed by atoms with E-state index < -0.39 is 5.54 Å². The van der Waals surface area contributed by atoms with Crippen molar-refractivity contribution in [2.75, 3.05) is 32.8 Å². The maximum atomic E-state index is 12.9. The second-order valence-corrected chi connectivity index (χ2v) is 7.46. The topological polar surface area (TPSA) is 88.2 Å². The van der Waals surface area contributed by atoms with Crippen LogP contribution in [0.2, 0.25) is 0 Å². The van der Waals surface area contributed by atoms with E-state index in [2.05, 4.69) is 5.32 Å². The van der Waals surface area contributed by atoms with Crippen LogP contribution in [0.3, 0.4) is 0 Å². The highest BCUT2D eigenvalue weighted by molar-refractivity contribution is 6.07. The number of rotatable bonds is 5. The summed E-state index contributed by atoms with van der Waals surface area (Å²) in [7, 11) is 0. The number of urea groups is 1. The number of nitrogens with zero attached hydrogens (tertiary/aromatic N) is 2. The Labute approximate surface area is 163 Å². The number of piperidine rings is 1. The van der Waals surface area contributed by atoms with Gasteiger partial charge in [0.1, 0.15) is 24.0 Å². The van der Waals surface area contributed by atoms with Crippen LogP contribution in [0.5, 0.6) is 5.75 Å². The largest absolute Gasteiger partial charge is 0.492 e. The summed E-state index contributed by atoms with van der Waals surface area (Å²) in [5.41, 5.74) is -0.906. The maximum absolute atomic E-state index is 12.9. The minimum Gasteiger partial charge on any atom is -0.492 e. The molecule has 1 aromatic rings. The van der Waals surface area contributed by atoms with Gasteiger partial charge in [-0.05, 0) is 37.8 Å². The third-order valence-corrected chi connectivity index (χ3v) is 5.71. The van der Waals surface area contributed by atoms with Crippen LogP contribution < -0.4 is 10.1 Å². The van der Waals surface area contributed by atoms with Gasteiger partial charge in [0.15, 0.2) is 0 Å². The smallest absolute Gasteiger partial charge is 0.325 e. The van der Waals surface area contributed by atoms with Gasteiger partial charge in [-0.1, -0.05) is 18.2 Å². The van der Waals surface area contributed by atoms with E-state index in [1.54, 1.807) is 4.90 Å². The van der Waals surface area contributed by atoms with Gasteiger partial charge in [-0.25, -0.2) is 4.79 Å². The Morgan fingerprint density at radius 3 is 2.64 bits per heavy atom. The first-order valence-electron chi connectivity index (χ1n) is 9.81. The predicted octanol–water partition coefficient (Wildman–Crippen LogP) is 1.16. The highest BCUT2D eigenvalue weighted by atomic mass is 16.5. The quantitative estimate of drug-likeness (QED) is 0.766. The Balaban J connectivity index is 1.31. The first-order chi connectivity index (χ1) is 13.6. The Morgan fingerprint density at radius 1 is 1.21 bits per heavy atom. The fourth-order valence-electron chi connectivity index (χ4n) is 4.07. The van der Waals surface area contributed by atoms with E-state index in [0.717, 1.165) is 12.8 Å². The number of ether oxygens (including phenoxy) is 2. The van der Waals surface area contributed by atoms with Gasteiger partial charge in [-0.2, -0.15) is 0 Å². The van der Waals surface area contributed by atoms with Crippen LogP contribution >= 0.6 is 0 Å². The average Bonchev–Trinajstić information content (AvgIpc) is 3.33.